The van der Waals surface area contributed by atoms with Crippen LogP contribution >= 0.6 is 0 Å². The van der Waals surface area contributed by atoms with Gasteiger partial charge in [-0.25, -0.2) is 4.79 Å². The van der Waals surface area contributed by atoms with E-state index in [0.717, 1.165) is 11.1 Å². The second-order valence-electron chi connectivity index (χ2n) is 6.10. The molecule has 2 aromatic carbocycles. The third-order valence-electron chi connectivity index (χ3n) is 3.85. The Labute approximate surface area is 152 Å². The Bertz CT molecular complexity index is 1110. The first-order valence-corrected chi connectivity index (χ1v) is 9.40. The van der Waals surface area contributed by atoms with Crippen molar-refractivity contribution >= 4 is 10.1 Å². The van der Waals surface area contributed by atoms with E-state index in [1.54, 1.807) is 37.3 Å². The van der Waals surface area contributed by atoms with E-state index in [1.165, 1.54) is 18.2 Å². The first kappa shape index (κ1) is 17.9. The summed E-state index contributed by atoms with van der Waals surface area (Å²) in [6.07, 6.45) is 0. The molecule has 0 saturated carbocycles. The van der Waals surface area contributed by atoms with Gasteiger partial charge in [0.05, 0.1) is 0 Å². The molecule has 0 radical (unpaired) electrons. The van der Waals surface area contributed by atoms with Gasteiger partial charge in [0.15, 0.2) is 5.75 Å². The zero-order valence-electron chi connectivity index (χ0n) is 14.6. The highest BCUT2D eigenvalue weighted by atomic mass is 32.2. The lowest BCUT2D eigenvalue weighted by Crippen LogP contribution is -2.14. The van der Waals surface area contributed by atoms with Crippen LogP contribution in [0.15, 0.2) is 68.7 Å². The molecule has 0 aliphatic heterocycles. The van der Waals surface area contributed by atoms with E-state index in [2.05, 4.69) is 0 Å². The summed E-state index contributed by atoms with van der Waals surface area (Å²) in [6.45, 7) is 5.30. The summed E-state index contributed by atoms with van der Waals surface area (Å²) in [5.41, 5.74) is 1.82. The minimum absolute atomic E-state index is 0.0178. The van der Waals surface area contributed by atoms with E-state index in [4.69, 9.17) is 8.60 Å². The maximum atomic E-state index is 12.6. The van der Waals surface area contributed by atoms with Gasteiger partial charge in [-0.05, 0) is 38.5 Å². The second-order valence-corrected chi connectivity index (χ2v) is 7.65. The molecule has 3 rings (SSSR count). The Morgan fingerprint density at radius 3 is 2.23 bits per heavy atom. The van der Waals surface area contributed by atoms with Crippen LogP contribution in [0, 0.1) is 20.8 Å². The van der Waals surface area contributed by atoms with Crippen LogP contribution in [-0.2, 0) is 10.1 Å². The van der Waals surface area contributed by atoms with Gasteiger partial charge < -0.3 is 8.60 Å². The minimum atomic E-state index is -4.08. The van der Waals surface area contributed by atoms with Crippen molar-refractivity contribution in [3.8, 4) is 16.9 Å². The first-order chi connectivity index (χ1) is 12.3. The zero-order chi connectivity index (χ0) is 18.9. The largest absolute Gasteiger partial charge is 0.428 e. The predicted molar refractivity (Wildman–Crippen MR) is 98.9 cm³/mol. The fourth-order valence-corrected chi connectivity index (χ4v) is 3.52. The van der Waals surface area contributed by atoms with Gasteiger partial charge in [-0.3, -0.25) is 0 Å². The molecule has 1 aromatic heterocycles. The molecule has 0 bridgehead atoms. The number of rotatable bonds is 4. The summed E-state index contributed by atoms with van der Waals surface area (Å²) in [4.78, 5) is 12.4. The summed E-state index contributed by atoms with van der Waals surface area (Å²) in [6, 6.07) is 14.8. The van der Waals surface area contributed by atoms with Gasteiger partial charge in [0.1, 0.15) is 16.2 Å². The standard InChI is InChI=1S/C20H18O5S/c1-13-7-9-17(10-8-13)26(22,23)25-18-12-15(3)24-20(21)19(18)16-6-4-5-14(2)11-16/h4-12H,1-3H3. The zero-order valence-corrected chi connectivity index (χ0v) is 15.5. The molecule has 6 heteroatoms. The first-order valence-electron chi connectivity index (χ1n) is 7.99. The topological polar surface area (TPSA) is 73.6 Å². The maximum absolute atomic E-state index is 12.6. The van der Waals surface area contributed by atoms with Crippen molar-refractivity contribution in [2.45, 2.75) is 25.7 Å². The molecule has 134 valence electrons. The van der Waals surface area contributed by atoms with Gasteiger partial charge in [-0.1, -0.05) is 47.5 Å². The lowest BCUT2D eigenvalue weighted by molar-refractivity contribution is 0.456. The SMILES string of the molecule is Cc1ccc(S(=O)(=O)Oc2cc(C)oc(=O)c2-c2cccc(C)c2)cc1. The normalized spacial score (nSPS) is 11.3. The third kappa shape index (κ3) is 3.70. The molecule has 0 atom stereocenters. The Balaban J connectivity index is 2.13. The van der Waals surface area contributed by atoms with Crippen molar-refractivity contribution in [1.82, 2.24) is 0 Å². The molecule has 3 aromatic rings. The van der Waals surface area contributed by atoms with E-state index >= 15 is 0 Å². The van der Waals surface area contributed by atoms with Crippen molar-refractivity contribution < 1.29 is 17.0 Å². The van der Waals surface area contributed by atoms with E-state index in [-0.39, 0.29) is 22.0 Å². The van der Waals surface area contributed by atoms with Crippen LogP contribution in [0.5, 0.6) is 5.75 Å². The molecule has 0 aliphatic carbocycles. The Morgan fingerprint density at radius 2 is 1.58 bits per heavy atom. The molecule has 0 spiro atoms. The lowest BCUT2D eigenvalue weighted by atomic mass is 10.0. The van der Waals surface area contributed by atoms with Crippen LogP contribution in [0.3, 0.4) is 0 Å². The third-order valence-corrected chi connectivity index (χ3v) is 5.10. The van der Waals surface area contributed by atoms with E-state index in [1.807, 2.05) is 19.9 Å². The number of hydrogen-bond donors (Lipinski definition) is 0. The predicted octanol–water partition coefficient (Wildman–Crippen LogP) is 4.00. The second kappa shape index (κ2) is 6.80. The molecule has 0 N–H and O–H groups in total. The van der Waals surface area contributed by atoms with Gasteiger partial charge in [0, 0.05) is 6.07 Å². The van der Waals surface area contributed by atoms with Gasteiger partial charge in [-0.15, -0.1) is 0 Å². The minimum Gasteiger partial charge on any atom is -0.428 e. The molecular formula is C20H18O5S. The number of aryl methyl sites for hydroxylation is 3. The quantitative estimate of drug-likeness (QED) is 0.649. The van der Waals surface area contributed by atoms with Crippen molar-refractivity contribution in [3.63, 3.8) is 0 Å². The van der Waals surface area contributed by atoms with Crippen LogP contribution in [0.25, 0.3) is 11.1 Å². The maximum Gasteiger partial charge on any atom is 0.347 e. The smallest absolute Gasteiger partial charge is 0.347 e. The lowest BCUT2D eigenvalue weighted by Gasteiger charge is -2.12. The fourth-order valence-electron chi connectivity index (χ4n) is 2.58. The van der Waals surface area contributed by atoms with Crippen LogP contribution in [0.1, 0.15) is 16.9 Å². The van der Waals surface area contributed by atoms with E-state index < -0.39 is 15.7 Å². The molecule has 26 heavy (non-hydrogen) atoms. The van der Waals surface area contributed by atoms with Gasteiger partial charge in [0.2, 0.25) is 0 Å². The molecule has 1 heterocycles. The number of benzene rings is 2. The molecule has 0 amide bonds. The van der Waals surface area contributed by atoms with Crippen LogP contribution in [0.4, 0.5) is 0 Å². The van der Waals surface area contributed by atoms with E-state index in [9.17, 15) is 13.2 Å². The molecule has 0 fully saturated rings. The van der Waals surface area contributed by atoms with Gasteiger partial charge >= 0.3 is 15.7 Å². The van der Waals surface area contributed by atoms with E-state index in [0.29, 0.717) is 5.56 Å². The van der Waals surface area contributed by atoms with Crippen molar-refractivity contribution in [3.05, 3.63) is 81.9 Å². The summed E-state index contributed by atoms with van der Waals surface area (Å²) < 4.78 is 35.7. The summed E-state index contributed by atoms with van der Waals surface area (Å²) in [5.74, 6) is 0.213. The van der Waals surface area contributed by atoms with Crippen LogP contribution < -0.4 is 9.81 Å². The van der Waals surface area contributed by atoms with Crippen molar-refractivity contribution in [2.75, 3.05) is 0 Å². The summed E-state index contributed by atoms with van der Waals surface area (Å²) >= 11 is 0. The Hall–Kier alpha value is -2.86. The highest BCUT2D eigenvalue weighted by Crippen LogP contribution is 2.30. The van der Waals surface area contributed by atoms with Gasteiger partial charge in [0.25, 0.3) is 0 Å². The fraction of sp³-hybridized carbons (Fsp3) is 0.150. The number of hydrogen-bond acceptors (Lipinski definition) is 5. The molecular weight excluding hydrogens is 352 g/mol. The molecule has 0 saturated heterocycles. The highest BCUT2D eigenvalue weighted by Gasteiger charge is 2.22. The van der Waals surface area contributed by atoms with Crippen molar-refractivity contribution in [2.24, 2.45) is 0 Å². The van der Waals surface area contributed by atoms with Crippen LogP contribution in [0.2, 0.25) is 0 Å². The monoisotopic (exact) mass is 370 g/mol. The van der Waals surface area contributed by atoms with Gasteiger partial charge in [-0.2, -0.15) is 8.42 Å². The summed E-state index contributed by atoms with van der Waals surface area (Å²) in [5, 5.41) is 0. The average molecular weight is 370 g/mol. The van der Waals surface area contributed by atoms with Crippen molar-refractivity contribution in [1.29, 1.82) is 0 Å². The average Bonchev–Trinajstić information content (AvgIpc) is 2.54. The summed E-state index contributed by atoms with van der Waals surface area (Å²) in [7, 11) is -4.08. The molecule has 0 unspecified atom stereocenters. The van der Waals surface area contributed by atoms with Crippen LogP contribution in [-0.4, -0.2) is 8.42 Å². The molecule has 5 nitrogen and oxygen atoms in total. The Kier molecular flexibility index (Phi) is 4.70. The highest BCUT2D eigenvalue weighted by molar-refractivity contribution is 7.87. The molecule has 0 aliphatic rings. The Morgan fingerprint density at radius 1 is 0.885 bits per heavy atom.